The number of carboxylic acids is 1. The molecule has 1 aromatic rings. The van der Waals surface area contributed by atoms with Gasteiger partial charge in [0.25, 0.3) is 0 Å². The molecule has 16 heavy (non-hydrogen) atoms. The number of hydrogen-bond donors (Lipinski definition) is 1. The Morgan fingerprint density at radius 3 is 3.06 bits per heavy atom. The van der Waals surface area contributed by atoms with Crippen molar-refractivity contribution in [1.29, 1.82) is 5.26 Å². The predicted octanol–water partition coefficient (Wildman–Crippen LogP) is 1.13. The number of benzene rings is 1. The Morgan fingerprint density at radius 2 is 2.44 bits per heavy atom. The van der Waals surface area contributed by atoms with Crippen molar-refractivity contribution in [3.8, 4) is 6.07 Å². The highest BCUT2D eigenvalue weighted by molar-refractivity contribution is 5.79. The maximum absolute atomic E-state index is 12.9. The summed E-state index contributed by atoms with van der Waals surface area (Å²) in [6, 6.07) is 5.47. The fourth-order valence-corrected chi connectivity index (χ4v) is 0.899. The van der Waals surface area contributed by atoms with E-state index in [4.69, 9.17) is 10.4 Å². The molecule has 0 amide bonds. The van der Waals surface area contributed by atoms with Gasteiger partial charge in [0.05, 0.1) is 11.8 Å². The van der Waals surface area contributed by atoms with Crippen LogP contribution >= 0.6 is 0 Å². The number of nitrogens with zero attached hydrogens (tertiary/aromatic N) is 2. The van der Waals surface area contributed by atoms with Gasteiger partial charge in [-0.1, -0.05) is 11.2 Å². The lowest BCUT2D eigenvalue weighted by molar-refractivity contribution is -0.142. The van der Waals surface area contributed by atoms with Crippen LogP contribution < -0.4 is 0 Å². The first-order valence-electron chi connectivity index (χ1n) is 4.20. The number of carbonyl (C=O) groups is 1. The molecule has 0 radical (unpaired) electrons. The van der Waals surface area contributed by atoms with Gasteiger partial charge in [-0.3, -0.25) is 0 Å². The quantitative estimate of drug-likeness (QED) is 0.611. The minimum atomic E-state index is -1.14. The molecule has 0 bridgehead atoms. The molecular weight excluding hydrogens is 215 g/mol. The Kier molecular flexibility index (Phi) is 3.98. The molecule has 0 aliphatic carbocycles. The van der Waals surface area contributed by atoms with Gasteiger partial charge < -0.3 is 9.94 Å². The second-order valence-electron chi connectivity index (χ2n) is 2.75. The maximum atomic E-state index is 12.9. The molecule has 0 saturated carbocycles. The maximum Gasteiger partial charge on any atom is 0.344 e. The summed E-state index contributed by atoms with van der Waals surface area (Å²) in [4.78, 5) is 14.5. The van der Waals surface area contributed by atoms with Crippen LogP contribution in [0.5, 0.6) is 0 Å². The van der Waals surface area contributed by atoms with Crippen LogP contribution in [0.2, 0.25) is 0 Å². The van der Waals surface area contributed by atoms with E-state index < -0.39 is 18.4 Å². The molecule has 1 rings (SSSR count). The van der Waals surface area contributed by atoms with E-state index in [-0.39, 0.29) is 5.56 Å². The van der Waals surface area contributed by atoms with Crippen molar-refractivity contribution in [2.75, 3.05) is 6.61 Å². The van der Waals surface area contributed by atoms with Crippen molar-refractivity contribution in [1.82, 2.24) is 0 Å². The summed E-state index contributed by atoms with van der Waals surface area (Å²) in [6.45, 7) is -0.553. The van der Waals surface area contributed by atoms with Crippen LogP contribution in [0.1, 0.15) is 11.1 Å². The highest BCUT2D eigenvalue weighted by Crippen LogP contribution is 2.07. The topological polar surface area (TPSA) is 82.7 Å². The van der Waals surface area contributed by atoms with Crippen molar-refractivity contribution in [2.45, 2.75) is 0 Å². The number of oxime groups is 1. The minimum absolute atomic E-state index is 0.109. The molecular formula is C10H7FN2O3. The third kappa shape index (κ3) is 3.38. The van der Waals surface area contributed by atoms with Crippen LogP contribution in [-0.4, -0.2) is 23.9 Å². The predicted molar refractivity (Wildman–Crippen MR) is 52.3 cm³/mol. The number of nitriles is 1. The zero-order valence-electron chi connectivity index (χ0n) is 8.05. The lowest BCUT2D eigenvalue weighted by Gasteiger charge is -1.96. The van der Waals surface area contributed by atoms with Crippen LogP contribution in [-0.2, 0) is 9.63 Å². The van der Waals surface area contributed by atoms with Crippen LogP contribution in [0.15, 0.2) is 23.4 Å². The molecule has 82 valence electrons. The summed E-state index contributed by atoms with van der Waals surface area (Å²) in [5, 5.41) is 20.1. The molecule has 1 N–H and O–H groups in total. The Hall–Kier alpha value is -2.42. The lowest BCUT2D eigenvalue weighted by atomic mass is 10.1. The van der Waals surface area contributed by atoms with Gasteiger partial charge in [0, 0.05) is 0 Å². The Labute approximate surface area is 90.4 Å². The number of aliphatic carboxylic acids is 1. The molecule has 1 aromatic carbocycles. The van der Waals surface area contributed by atoms with Crippen molar-refractivity contribution in [2.24, 2.45) is 5.16 Å². The van der Waals surface area contributed by atoms with E-state index in [0.29, 0.717) is 5.56 Å². The van der Waals surface area contributed by atoms with E-state index in [1.165, 1.54) is 18.3 Å². The van der Waals surface area contributed by atoms with Crippen LogP contribution in [0.25, 0.3) is 0 Å². The van der Waals surface area contributed by atoms with Gasteiger partial charge in [-0.05, 0) is 17.7 Å². The standard InChI is InChI=1S/C10H7FN2O3/c11-9-2-1-7(3-8(9)4-12)5-13-16-6-10(14)15/h1-3,5H,6H2,(H,14,15)/b13-5+. The molecule has 0 aromatic heterocycles. The average molecular weight is 222 g/mol. The molecule has 6 heteroatoms. The Balaban J connectivity index is 2.68. The van der Waals surface area contributed by atoms with Gasteiger partial charge in [0.2, 0.25) is 6.61 Å². The van der Waals surface area contributed by atoms with Crippen LogP contribution in [0.4, 0.5) is 4.39 Å². The number of halogens is 1. The van der Waals surface area contributed by atoms with Gasteiger partial charge >= 0.3 is 5.97 Å². The summed E-state index contributed by atoms with van der Waals surface area (Å²) in [5.74, 6) is -1.76. The monoisotopic (exact) mass is 222 g/mol. The third-order valence-electron chi connectivity index (χ3n) is 1.58. The molecule has 0 heterocycles. The van der Waals surface area contributed by atoms with Gasteiger partial charge in [-0.2, -0.15) is 5.26 Å². The van der Waals surface area contributed by atoms with E-state index in [9.17, 15) is 9.18 Å². The van der Waals surface area contributed by atoms with E-state index in [2.05, 4.69) is 9.99 Å². The van der Waals surface area contributed by atoms with Gasteiger partial charge in [0.15, 0.2) is 0 Å². The second-order valence-corrected chi connectivity index (χ2v) is 2.75. The summed E-state index contributed by atoms with van der Waals surface area (Å²) in [6.07, 6.45) is 1.20. The van der Waals surface area contributed by atoms with Crippen LogP contribution in [0, 0.1) is 17.1 Å². The van der Waals surface area contributed by atoms with Crippen molar-refractivity contribution in [3.63, 3.8) is 0 Å². The van der Waals surface area contributed by atoms with Crippen molar-refractivity contribution < 1.29 is 19.1 Å². The molecule has 0 aliphatic heterocycles. The van der Waals surface area contributed by atoms with E-state index in [0.717, 1.165) is 6.07 Å². The SMILES string of the molecule is N#Cc1cc(/C=N/OCC(=O)O)ccc1F. The Morgan fingerprint density at radius 1 is 1.69 bits per heavy atom. The fourth-order valence-electron chi connectivity index (χ4n) is 0.899. The van der Waals surface area contributed by atoms with E-state index >= 15 is 0 Å². The largest absolute Gasteiger partial charge is 0.479 e. The van der Waals surface area contributed by atoms with E-state index in [1.807, 2.05) is 0 Å². The first kappa shape index (κ1) is 11.7. The zero-order valence-corrected chi connectivity index (χ0v) is 8.05. The molecule has 0 fully saturated rings. The molecule has 0 spiro atoms. The summed E-state index contributed by atoms with van der Waals surface area (Å²) < 4.78 is 12.9. The lowest BCUT2D eigenvalue weighted by Crippen LogP contribution is -2.03. The second kappa shape index (κ2) is 5.46. The highest BCUT2D eigenvalue weighted by atomic mass is 19.1. The number of carboxylic acid groups (broad SMARTS) is 1. The van der Waals surface area contributed by atoms with Crippen molar-refractivity contribution >= 4 is 12.2 Å². The first-order valence-corrected chi connectivity index (χ1v) is 4.20. The molecule has 5 nitrogen and oxygen atoms in total. The third-order valence-corrected chi connectivity index (χ3v) is 1.58. The molecule has 0 atom stereocenters. The zero-order chi connectivity index (χ0) is 12.0. The molecule has 0 saturated heterocycles. The average Bonchev–Trinajstić information content (AvgIpc) is 2.26. The normalized spacial score (nSPS) is 10.0. The van der Waals surface area contributed by atoms with Crippen molar-refractivity contribution in [3.05, 3.63) is 35.1 Å². The van der Waals surface area contributed by atoms with Gasteiger partial charge in [0.1, 0.15) is 11.9 Å². The van der Waals surface area contributed by atoms with Gasteiger partial charge in [-0.15, -0.1) is 0 Å². The summed E-state index contributed by atoms with van der Waals surface area (Å²) >= 11 is 0. The minimum Gasteiger partial charge on any atom is -0.479 e. The number of rotatable bonds is 4. The van der Waals surface area contributed by atoms with Crippen LogP contribution in [0.3, 0.4) is 0 Å². The summed E-state index contributed by atoms with van der Waals surface area (Å²) in [5.41, 5.74) is 0.338. The molecule has 0 aliphatic rings. The van der Waals surface area contributed by atoms with E-state index in [1.54, 1.807) is 6.07 Å². The van der Waals surface area contributed by atoms with Gasteiger partial charge in [-0.25, -0.2) is 9.18 Å². The molecule has 0 unspecified atom stereocenters. The highest BCUT2D eigenvalue weighted by Gasteiger charge is 2.01. The number of hydrogen-bond acceptors (Lipinski definition) is 4. The Bertz CT molecular complexity index is 466. The summed E-state index contributed by atoms with van der Waals surface area (Å²) in [7, 11) is 0. The fraction of sp³-hybridized carbons (Fsp3) is 0.100. The smallest absolute Gasteiger partial charge is 0.344 e. The first-order chi connectivity index (χ1) is 7.63.